The Kier molecular flexibility index (Phi) is 4.59. The SMILES string of the molecule is CCCNC(CCc1ccco1)c1cnn(C)c1. The molecule has 2 heterocycles. The molecule has 2 rings (SSSR count). The number of rotatable bonds is 7. The number of nitrogens with zero attached hydrogens (tertiary/aromatic N) is 2. The second kappa shape index (κ2) is 6.40. The Hall–Kier alpha value is -1.55. The van der Waals surface area contributed by atoms with Gasteiger partial charge in [0.25, 0.3) is 0 Å². The molecule has 4 heteroatoms. The van der Waals surface area contributed by atoms with Gasteiger partial charge in [0.15, 0.2) is 0 Å². The van der Waals surface area contributed by atoms with Crippen molar-refractivity contribution in [2.75, 3.05) is 6.54 Å². The molecule has 1 unspecified atom stereocenters. The molecule has 2 aromatic heterocycles. The predicted octanol–water partition coefficient (Wildman–Crippen LogP) is 2.69. The van der Waals surface area contributed by atoms with E-state index in [1.54, 1.807) is 6.26 Å². The maximum atomic E-state index is 5.38. The number of hydrogen-bond acceptors (Lipinski definition) is 3. The molecule has 2 aromatic rings. The molecule has 0 aromatic carbocycles. The molecular formula is C14H21N3O. The van der Waals surface area contributed by atoms with Crippen LogP contribution in [0.4, 0.5) is 0 Å². The minimum absolute atomic E-state index is 0.351. The quantitative estimate of drug-likeness (QED) is 0.818. The van der Waals surface area contributed by atoms with Gasteiger partial charge < -0.3 is 9.73 Å². The van der Waals surface area contributed by atoms with Crippen molar-refractivity contribution in [3.8, 4) is 0 Å². The third-order valence-electron chi connectivity index (χ3n) is 3.03. The summed E-state index contributed by atoms with van der Waals surface area (Å²) in [6, 6.07) is 4.32. The van der Waals surface area contributed by atoms with E-state index in [-0.39, 0.29) is 0 Å². The van der Waals surface area contributed by atoms with E-state index >= 15 is 0 Å². The summed E-state index contributed by atoms with van der Waals surface area (Å²) in [7, 11) is 1.95. The highest BCUT2D eigenvalue weighted by molar-refractivity contribution is 5.11. The molecule has 0 amide bonds. The molecule has 0 aliphatic rings. The monoisotopic (exact) mass is 247 g/mol. The Bertz CT molecular complexity index is 447. The molecule has 18 heavy (non-hydrogen) atoms. The Labute approximate surface area is 108 Å². The van der Waals surface area contributed by atoms with Crippen molar-refractivity contribution in [3.05, 3.63) is 42.1 Å². The molecule has 98 valence electrons. The number of hydrogen-bond donors (Lipinski definition) is 1. The van der Waals surface area contributed by atoms with Gasteiger partial charge in [-0.1, -0.05) is 6.92 Å². The minimum atomic E-state index is 0.351. The second-order valence-electron chi connectivity index (χ2n) is 4.57. The first-order valence-electron chi connectivity index (χ1n) is 6.54. The molecule has 0 saturated carbocycles. The van der Waals surface area contributed by atoms with Crippen molar-refractivity contribution in [1.82, 2.24) is 15.1 Å². The van der Waals surface area contributed by atoms with E-state index in [0.717, 1.165) is 31.6 Å². The van der Waals surface area contributed by atoms with Crippen LogP contribution in [-0.4, -0.2) is 16.3 Å². The Morgan fingerprint density at radius 1 is 1.50 bits per heavy atom. The highest BCUT2D eigenvalue weighted by atomic mass is 16.3. The first-order valence-corrected chi connectivity index (χ1v) is 6.54. The van der Waals surface area contributed by atoms with Crippen LogP contribution in [0.25, 0.3) is 0 Å². The van der Waals surface area contributed by atoms with Crippen LogP contribution in [0, 0.1) is 0 Å². The van der Waals surface area contributed by atoms with Gasteiger partial charge in [0, 0.05) is 31.3 Å². The van der Waals surface area contributed by atoms with Crippen LogP contribution in [0.5, 0.6) is 0 Å². The lowest BCUT2D eigenvalue weighted by molar-refractivity contribution is 0.452. The number of nitrogens with one attached hydrogen (secondary N) is 1. The predicted molar refractivity (Wildman–Crippen MR) is 71.3 cm³/mol. The van der Waals surface area contributed by atoms with Gasteiger partial charge in [0.05, 0.1) is 12.5 Å². The fourth-order valence-corrected chi connectivity index (χ4v) is 2.07. The normalized spacial score (nSPS) is 12.8. The summed E-state index contributed by atoms with van der Waals surface area (Å²) in [5, 5.41) is 7.81. The number of aromatic nitrogens is 2. The van der Waals surface area contributed by atoms with Crippen LogP contribution in [0.15, 0.2) is 35.2 Å². The Morgan fingerprint density at radius 2 is 2.39 bits per heavy atom. The molecule has 1 atom stereocenters. The topological polar surface area (TPSA) is 43.0 Å². The summed E-state index contributed by atoms with van der Waals surface area (Å²) in [6.07, 6.45) is 8.86. The van der Waals surface area contributed by atoms with Gasteiger partial charge in [-0.25, -0.2) is 0 Å². The lowest BCUT2D eigenvalue weighted by atomic mass is 10.0. The molecule has 0 aliphatic carbocycles. The lowest BCUT2D eigenvalue weighted by Gasteiger charge is -2.16. The third-order valence-corrected chi connectivity index (χ3v) is 3.03. The summed E-state index contributed by atoms with van der Waals surface area (Å²) >= 11 is 0. The van der Waals surface area contributed by atoms with Gasteiger partial charge in [0.1, 0.15) is 5.76 Å². The summed E-state index contributed by atoms with van der Waals surface area (Å²) in [5.41, 5.74) is 1.25. The van der Waals surface area contributed by atoms with Gasteiger partial charge >= 0.3 is 0 Å². The molecule has 0 saturated heterocycles. The second-order valence-corrected chi connectivity index (χ2v) is 4.57. The van der Waals surface area contributed by atoms with Crippen LogP contribution >= 0.6 is 0 Å². The lowest BCUT2D eigenvalue weighted by Crippen LogP contribution is -2.22. The van der Waals surface area contributed by atoms with Crippen molar-refractivity contribution >= 4 is 0 Å². The van der Waals surface area contributed by atoms with E-state index in [0.29, 0.717) is 6.04 Å². The molecule has 0 spiro atoms. The number of furan rings is 1. The summed E-state index contributed by atoms with van der Waals surface area (Å²) in [4.78, 5) is 0. The van der Waals surface area contributed by atoms with E-state index < -0.39 is 0 Å². The highest BCUT2D eigenvalue weighted by Crippen LogP contribution is 2.19. The zero-order valence-electron chi connectivity index (χ0n) is 11.1. The molecule has 0 radical (unpaired) electrons. The summed E-state index contributed by atoms with van der Waals surface area (Å²) < 4.78 is 7.23. The van der Waals surface area contributed by atoms with Crippen molar-refractivity contribution in [1.29, 1.82) is 0 Å². The van der Waals surface area contributed by atoms with E-state index in [1.165, 1.54) is 5.56 Å². The first-order chi connectivity index (χ1) is 8.79. The molecular weight excluding hydrogens is 226 g/mol. The van der Waals surface area contributed by atoms with Gasteiger partial charge in [-0.3, -0.25) is 4.68 Å². The van der Waals surface area contributed by atoms with Crippen LogP contribution in [0.3, 0.4) is 0 Å². The van der Waals surface area contributed by atoms with Crippen molar-refractivity contribution in [2.45, 2.75) is 32.2 Å². The fraction of sp³-hybridized carbons (Fsp3) is 0.500. The average molecular weight is 247 g/mol. The zero-order chi connectivity index (χ0) is 12.8. The fourth-order valence-electron chi connectivity index (χ4n) is 2.07. The largest absolute Gasteiger partial charge is 0.469 e. The zero-order valence-corrected chi connectivity index (χ0v) is 11.1. The van der Waals surface area contributed by atoms with Crippen molar-refractivity contribution in [2.24, 2.45) is 7.05 Å². The standard InChI is InChI=1S/C14H21N3O/c1-3-8-15-14(12-10-16-17(2)11-12)7-6-13-5-4-9-18-13/h4-5,9-11,14-15H,3,6-8H2,1-2H3. The third kappa shape index (κ3) is 3.47. The van der Waals surface area contributed by atoms with Crippen LogP contribution in [0.1, 0.15) is 37.1 Å². The van der Waals surface area contributed by atoms with Crippen molar-refractivity contribution < 1.29 is 4.42 Å². The molecule has 0 bridgehead atoms. The number of aryl methyl sites for hydroxylation is 2. The molecule has 1 N–H and O–H groups in total. The summed E-state index contributed by atoms with van der Waals surface area (Å²) in [5.74, 6) is 1.04. The maximum Gasteiger partial charge on any atom is 0.103 e. The molecule has 0 aliphatic heterocycles. The van der Waals surface area contributed by atoms with E-state index in [2.05, 4.69) is 23.5 Å². The van der Waals surface area contributed by atoms with E-state index in [4.69, 9.17) is 4.42 Å². The van der Waals surface area contributed by atoms with Gasteiger partial charge in [-0.2, -0.15) is 5.10 Å². The minimum Gasteiger partial charge on any atom is -0.469 e. The Morgan fingerprint density at radius 3 is 3.00 bits per heavy atom. The van der Waals surface area contributed by atoms with Gasteiger partial charge in [-0.05, 0) is 31.5 Å². The van der Waals surface area contributed by atoms with E-state index in [9.17, 15) is 0 Å². The highest BCUT2D eigenvalue weighted by Gasteiger charge is 2.13. The van der Waals surface area contributed by atoms with Gasteiger partial charge in [0.2, 0.25) is 0 Å². The Balaban J connectivity index is 1.96. The van der Waals surface area contributed by atoms with Crippen LogP contribution in [-0.2, 0) is 13.5 Å². The average Bonchev–Trinajstić information content (AvgIpc) is 3.01. The smallest absolute Gasteiger partial charge is 0.103 e. The van der Waals surface area contributed by atoms with Crippen molar-refractivity contribution in [3.63, 3.8) is 0 Å². The maximum absolute atomic E-state index is 5.38. The van der Waals surface area contributed by atoms with Crippen LogP contribution in [0.2, 0.25) is 0 Å². The summed E-state index contributed by atoms with van der Waals surface area (Å²) in [6.45, 7) is 3.21. The van der Waals surface area contributed by atoms with E-state index in [1.807, 2.05) is 30.1 Å². The van der Waals surface area contributed by atoms with Crippen LogP contribution < -0.4 is 5.32 Å². The first kappa shape index (κ1) is 12.9. The molecule has 4 nitrogen and oxygen atoms in total. The van der Waals surface area contributed by atoms with Gasteiger partial charge in [-0.15, -0.1) is 0 Å². The molecule has 0 fully saturated rings.